The lowest BCUT2D eigenvalue weighted by molar-refractivity contribution is -0.145. The summed E-state index contributed by atoms with van der Waals surface area (Å²) in [6.45, 7) is 0.0905. The molecule has 1 unspecified atom stereocenters. The molecule has 1 atom stereocenters. The highest BCUT2D eigenvalue weighted by molar-refractivity contribution is 5.99. The van der Waals surface area contributed by atoms with Gasteiger partial charge in [-0.15, -0.1) is 0 Å². The fourth-order valence-electron chi connectivity index (χ4n) is 1.98. The summed E-state index contributed by atoms with van der Waals surface area (Å²) in [6, 6.07) is 3.52. The first-order valence-corrected chi connectivity index (χ1v) is 5.39. The molecule has 1 aromatic carbocycles. The molecule has 0 spiro atoms. The molecule has 1 heterocycles. The summed E-state index contributed by atoms with van der Waals surface area (Å²) in [6.07, 6.45) is 0.00693. The van der Waals surface area contributed by atoms with E-state index >= 15 is 0 Å². The Kier molecular flexibility index (Phi) is 3.18. The van der Waals surface area contributed by atoms with Gasteiger partial charge in [-0.2, -0.15) is 0 Å². The molecule has 6 heteroatoms. The maximum absolute atomic E-state index is 13.6. The standard InChI is InChI=1S/C12H12FNO4/c1-18-12(17)7-4-11(16)14(6-7)10-3-2-8(15)5-9(10)13/h2-3,5,7,15H,4,6H2,1H3. The summed E-state index contributed by atoms with van der Waals surface area (Å²) < 4.78 is 18.2. The number of phenols is 1. The molecule has 0 bridgehead atoms. The number of phenolic OH excluding ortho intramolecular Hbond substituents is 1. The number of carbonyl (C=O) groups excluding carboxylic acids is 2. The van der Waals surface area contributed by atoms with Gasteiger partial charge in [0.05, 0.1) is 18.7 Å². The fraction of sp³-hybridized carbons (Fsp3) is 0.333. The molecule has 1 N–H and O–H groups in total. The molecule has 0 aliphatic carbocycles. The van der Waals surface area contributed by atoms with Crippen molar-refractivity contribution >= 4 is 17.6 Å². The second-order valence-corrected chi connectivity index (χ2v) is 4.06. The van der Waals surface area contributed by atoms with Gasteiger partial charge in [0.25, 0.3) is 0 Å². The number of rotatable bonds is 2. The SMILES string of the molecule is COC(=O)C1CC(=O)N(c2ccc(O)cc2F)C1. The summed E-state index contributed by atoms with van der Waals surface area (Å²) >= 11 is 0. The van der Waals surface area contributed by atoms with Gasteiger partial charge in [-0.25, -0.2) is 4.39 Å². The Morgan fingerprint density at radius 2 is 2.28 bits per heavy atom. The van der Waals surface area contributed by atoms with Crippen LogP contribution in [0.1, 0.15) is 6.42 Å². The predicted octanol–water partition coefficient (Wildman–Crippen LogP) is 1.06. The Morgan fingerprint density at radius 3 is 2.89 bits per heavy atom. The van der Waals surface area contributed by atoms with Gasteiger partial charge in [-0.3, -0.25) is 9.59 Å². The number of carbonyl (C=O) groups is 2. The minimum atomic E-state index is -0.700. The van der Waals surface area contributed by atoms with E-state index in [0.717, 1.165) is 6.07 Å². The second kappa shape index (κ2) is 4.64. The van der Waals surface area contributed by atoms with Crippen molar-refractivity contribution in [1.29, 1.82) is 0 Å². The summed E-state index contributed by atoms with van der Waals surface area (Å²) in [5, 5.41) is 9.11. The van der Waals surface area contributed by atoms with Crippen molar-refractivity contribution in [2.24, 2.45) is 5.92 Å². The largest absolute Gasteiger partial charge is 0.508 e. The Labute approximate surface area is 103 Å². The van der Waals surface area contributed by atoms with Gasteiger partial charge < -0.3 is 14.7 Å². The number of hydrogen-bond acceptors (Lipinski definition) is 4. The molecule has 0 aromatic heterocycles. The summed E-state index contributed by atoms with van der Waals surface area (Å²) in [4.78, 5) is 24.3. The number of esters is 1. The molecule has 1 fully saturated rings. The number of ether oxygens (including phenoxy) is 1. The molecule has 2 rings (SSSR count). The van der Waals surface area contributed by atoms with E-state index in [1.165, 1.54) is 24.1 Å². The second-order valence-electron chi connectivity index (χ2n) is 4.06. The zero-order valence-corrected chi connectivity index (χ0v) is 9.72. The van der Waals surface area contributed by atoms with Crippen LogP contribution in [0.25, 0.3) is 0 Å². The highest BCUT2D eigenvalue weighted by Crippen LogP contribution is 2.29. The number of nitrogens with zero attached hydrogens (tertiary/aromatic N) is 1. The number of methoxy groups -OCH3 is 1. The number of anilines is 1. The van der Waals surface area contributed by atoms with Gasteiger partial charge in [-0.1, -0.05) is 0 Å². The molecule has 96 valence electrons. The van der Waals surface area contributed by atoms with Crippen LogP contribution in [0, 0.1) is 11.7 Å². The van der Waals surface area contributed by atoms with Crippen molar-refractivity contribution in [2.45, 2.75) is 6.42 Å². The zero-order valence-electron chi connectivity index (χ0n) is 9.72. The highest BCUT2D eigenvalue weighted by Gasteiger charge is 2.36. The van der Waals surface area contributed by atoms with Crippen LogP contribution in [0.2, 0.25) is 0 Å². The lowest BCUT2D eigenvalue weighted by atomic mass is 10.1. The van der Waals surface area contributed by atoms with Crippen molar-refractivity contribution < 1.29 is 23.8 Å². The van der Waals surface area contributed by atoms with Crippen LogP contribution in [0.5, 0.6) is 5.75 Å². The van der Waals surface area contributed by atoms with Crippen LogP contribution in [0.3, 0.4) is 0 Å². The summed E-state index contributed by atoms with van der Waals surface area (Å²) in [5.74, 6) is -2.31. The first kappa shape index (κ1) is 12.3. The van der Waals surface area contributed by atoms with Crippen molar-refractivity contribution in [3.05, 3.63) is 24.0 Å². The van der Waals surface area contributed by atoms with E-state index in [0.29, 0.717) is 0 Å². The third-order valence-corrected chi connectivity index (χ3v) is 2.88. The van der Waals surface area contributed by atoms with Gasteiger partial charge in [0.1, 0.15) is 5.75 Å². The van der Waals surface area contributed by atoms with Crippen molar-refractivity contribution in [3.63, 3.8) is 0 Å². The lowest BCUT2D eigenvalue weighted by Crippen LogP contribution is -2.26. The molecule has 5 nitrogen and oxygen atoms in total. The molecule has 18 heavy (non-hydrogen) atoms. The molecular formula is C12H12FNO4. The maximum atomic E-state index is 13.6. The van der Waals surface area contributed by atoms with Crippen LogP contribution in [0.4, 0.5) is 10.1 Å². The average molecular weight is 253 g/mol. The van der Waals surface area contributed by atoms with Crippen LogP contribution in [0.15, 0.2) is 18.2 Å². The molecule has 0 radical (unpaired) electrons. The normalized spacial score (nSPS) is 19.1. The van der Waals surface area contributed by atoms with E-state index in [4.69, 9.17) is 5.11 Å². The monoisotopic (exact) mass is 253 g/mol. The number of amides is 1. The Hall–Kier alpha value is -2.11. The van der Waals surface area contributed by atoms with E-state index in [1.54, 1.807) is 0 Å². The van der Waals surface area contributed by atoms with Crippen LogP contribution < -0.4 is 4.90 Å². The third kappa shape index (κ3) is 2.13. The van der Waals surface area contributed by atoms with Gasteiger partial charge in [0, 0.05) is 19.0 Å². The van der Waals surface area contributed by atoms with E-state index in [-0.39, 0.29) is 30.3 Å². The highest BCUT2D eigenvalue weighted by atomic mass is 19.1. The summed E-state index contributed by atoms with van der Waals surface area (Å²) in [5.41, 5.74) is 0.0594. The quantitative estimate of drug-likeness (QED) is 0.800. The third-order valence-electron chi connectivity index (χ3n) is 2.88. The Morgan fingerprint density at radius 1 is 1.56 bits per heavy atom. The summed E-state index contributed by atoms with van der Waals surface area (Å²) in [7, 11) is 1.25. The van der Waals surface area contributed by atoms with Gasteiger partial charge in [0.15, 0.2) is 5.82 Å². The van der Waals surface area contributed by atoms with Gasteiger partial charge >= 0.3 is 5.97 Å². The molecule has 1 aromatic rings. The Balaban J connectivity index is 2.24. The fourth-order valence-corrected chi connectivity index (χ4v) is 1.98. The lowest BCUT2D eigenvalue weighted by Gasteiger charge is -2.17. The predicted molar refractivity (Wildman–Crippen MR) is 60.5 cm³/mol. The minimum Gasteiger partial charge on any atom is -0.508 e. The Bertz CT molecular complexity index is 503. The topological polar surface area (TPSA) is 66.8 Å². The molecular weight excluding hydrogens is 241 g/mol. The molecule has 1 amide bonds. The smallest absolute Gasteiger partial charge is 0.311 e. The first-order chi connectivity index (χ1) is 8.52. The number of benzene rings is 1. The van der Waals surface area contributed by atoms with Crippen molar-refractivity contribution in [2.75, 3.05) is 18.6 Å². The van der Waals surface area contributed by atoms with Crippen molar-refractivity contribution in [3.8, 4) is 5.75 Å². The van der Waals surface area contributed by atoms with Crippen molar-refractivity contribution in [1.82, 2.24) is 0 Å². The first-order valence-electron chi connectivity index (χ1n) is 5.39. The molecule has 1 aliphatic heterocycles. The molecule has 0 saturated carbocycles. The number of aromatic hydroxyl groups is 1. The van der Waals surface area contributed by atoms with E-state index in [2.05, 4.69) is 4.74 Å². The van der Waals surface area contributed by atoms with Gasteiger partial charge in [-0.05, 0) is 12.1 Å². The van der Waals surface area contributed by atoms with Crippen LogP contribution >= 0.6 is 0 Å². The van der Waals surface area contributed by atoms with Crippen LogP contribution in [-0.2, 0) is 14.3 Å². The number of hydrogen-bond donors (Lipinski definition) is 1. The van der Waals surface area contributed by atoms with Gasteiger partial charge in [0.2, 0.25) is 5.91 Å². The average Bonchev–Trinajstić information content (AvgIpc) is 2.70. The molecule has 1 saturated heterocycles. The van der Waals surface area contributed by atoms with E-state index < -0.39 is 17.7 Å². The van der Waals surface area contributed by atoms with E-state index in [9.17, 15) is 14.0 Å². The van der Waals surface area contributed by atoms with E-state index in [1.807, 2.05) is 0 Å². The zero-order chi connectivity index (χ0) is 13.3. The molecule has 1 aliphatic rings. The maximum Gasteiger partial charge on any atom is 0.311 e. The van der Waals surface area contributed by atoms with Crippen LogP contribution in [-0.4, -0.2) is 30.6 Å². The number of halogens is 1. The minimum absolute atomic E-state index is 0.00693.